The van der Waals surface area contributed by atoms with Crippen LogP contribution in [-0.2, 0) is 4.79 Å². The molecule has 1 atom stereocenters. The zero-order chi connectivity index (χ0) is 12.3. The Kier molecular flexibility index (Phi) is 3.79. The lowest BCUT2D eigenvalue weighted by Crippen LogP contribution is -2.39. The van der Waals surface area contributed by atoms with Gasteiger partial charge in [0, 0.05) is 13.6 Å². The van der Waals surface area contributed by atoms with Gasteiger partial charge >= 0.3 is 0 Å². The first-order valence-electron chi connectivity index (χ1n) is 6.24. The predicted molar refractivity (Wildman–Crippen MR) is 68.3 cm³/mol. The molecule has 0 aromatic heterocycles. The molecular weight excluding hydrogens is 212 g/mol. The van der Waals surface area contributed by atoms with E-state index in [-0.39, 0.29) is 5.91 Å². The van der Waals surface area contributed by atoms with E-state index in [0.717, 1.165) is 12.1 Å². The molecule has 1 amide bonds. The van der Waals surface area contributed by atoms with Crippen molar-refractivity contribution in [2.24, 2.45) is 11.7 Å². The van der Waals surface area contributed by atoms with Crippen LogP contribution in [0.25, 0.3) is 0 Å². The zero-order valence-corrected chi connectivity index (χ0v) is 10.3. The van der Waals surface area contributed by atoms with E-state index in [1.165, 1.54) is 19.3 Å². The third kappa shape index (κ3) is 2.86. The molecule has 2 rings (SSSR count). The Morgan fingerprint density at radius 1 is 1.41 bits per heavy atom. The molecule has 0 saturated heterocycles. The molecule has 1 aliphatic rings. The highest BCUT2D eigenvalue weighted by Gasteiger charge is 2.24. The van der Waals surface area contributed by atoms with Crippen LogP contribution in [0, 0.1) is 5.92 Å². The summed E-state index contributed by atoms with van der Waals surface area (Å²) in [6.45, 7) is 0.847. The Bertz CT molecular complexity index is 373. The number of nitrogens with two attached hydrogens (primary N) is 1. The van der Waals surface area contributed by atoms with Gasteiger partial charge in [0.2, 0.25) is 5.91 Å². The number of hydrogen-bond acceptors (Lipinski definition) is 2. The number of carbonyl (C=O) groups is 1. The smallest absolute Gasteiger partial charge is 0.243 e. The first-order valence-corrected chi connectivity index (χ1v) is 6.24. The van der Waals surface area contributed by atoms with E-state index in [2.05, 4.69) is 0 Å². The molecule has 0 spiro atoms. The number of amides is 1. The summed E-state index contributed by atoms with van der Waals surface area (Å²) in [7, 11) is 1.85. The fourth-order valence-corrected chi connectivity index (χ4v) is 2.19. The van der Waals surface area contributed by atoms with Crippen LogP contribution in [0.15, 0.2) is 30.3 Å². The zero-order valence-electron chi connectivity index (χ0n) is 10.3. The molecular formula is C14H20N2O. The van der Waals surface area contributed by atoms with Crippen LogP contribution in [0.2, 0.25) is 0 Å². The van der Waals surface area contributed by atoms with Crippen LogP contribution >= 0.6 is 0 Å². The Labute approximate surface area is 103 Å². The van der Waals surface area contributed by atoms with Crippen LogP contribution in [0.4, 0.5) is 0 Å². The summed E-state index contributed by atoms with van der Waals surface area (Å²) in [4.78, 5) is 13.9. The van der Waals surface area contributed by atoms with Crippen molar-refractivity contribution < 1.29 is 4.79 Å². The van der Waals surface area contributed by atoms with Gasteiger partial charge in [0.25, 0.3) is 0 Å². The van der Waals surface area contributed by atoms with Crippen molar-refractivity contribution in [3.05, 3.63) is 35.9 Å². The van der Waals surface area contributed by atoms with Gasteiger partial charge in [0.15, 0.2) is 0 Å². The maximum Gasteiger partial charge on any atom is 0.243 e. The van der Waals surface area contributed by atoms with Crippen molar-refractivity contribution >= 4 is 5.91 Å². The largest absolute Gasteiger partial charge is 0.344 e. The Morgan fingerprint density at radius 3 is 2.59 bits per heavy atom. The third-order valence-electron chi connectivity index (χ3n) is 3.56. The minimum Gasteiger partial charge on any atom is -0.344 e. The Morgan fingerprint density at radius 2 is 2.06 bits per heavy atom. The monoisotopic (exact) mass is 232 g/mol. The Hall–Kier alpha value is -1.35. The van der Waals surface area contributed by atoms with E-state index in [0.29, 0.717) is 5.92 Å². The fourth-order valence-electron chi connectivity index (χ4n) is 2.19. The van der Waals surface area contributed by atoms with Crippen molar-refractivity contribution in [1.29, 1.82) is 0 Å². The fraction of sp³-hybridized carbons (Fsp3) is 0.500. The maximum atomic E-state index is 12.1. The van der Waals surface area contributed by atoms with Crippen molar-refractivity contribution in [2.75, 3.05) is 13.6 Å². The molecule has 3 heteroatoms. The molecule has 3 nitrogen and oxygen atoms in total. The molecule has 1 aromatic rings. The van der Waals surface area contributed by atoms with E-state index in [1.807, 2.05) is 37.4 Å². The Balaban J connectivity index is 1.94. The van der Waals surface area contributed by atoms with Crippen LogP contribution < -0.4 is 5.73 Å². The summed E-state index contributed by atoms with van der Waals surface area (Å²) in [5.41, 5.74) is 6.87. The topological polar surface area (TPSA) is 46.3 Å². The molecule has 1 aromatic carbocycles. The minimum absolute atomic E-state index is 0.0168. The summed E-state index contributed by atoms with van der Waals surface area (Å²) < 4.78 is 0. The molecule has 1 fully saturated rings. The van der Waals surface area contributed by atoms with Crippen molar-refractivity contribution in [2.45, 2.75) is 25.3 Å². The third-order valence-corrected chi connectivity index (χ3v) is 3.56. The molecule has 0 radical (unpaired) electrons. The van der Waals surface area contributed by atoms with Gasteiger partial charge in [-0.25, -0.2) is 0 Å². The predicted octanol–water partition coefficient (Wildman–Crippen LogP) is 1.94. The first kappa shape index (κ1) is 12.1. The first-order chi connectivity index (χ1) is 8.18. The minimum atomic E-state index is -0.527. The highest BCUT2D eigenvalue weighted by atomic mass is 16.2. The van der Waals surface area contributed by atoms with Gasteiger partial charge in [-0.05, 0) is 24.3 Å². The number of rotatable bonds is 4. The highest BCUT2D eigenvalue weighted by molar-refractivity contribution is 5.82. The van der Waals surface area contributed by atoms with Crippen LogP contribution in [-0.4, -0.2) is 24.4 Å². The standard InChI is InChI=1S/C14H20N2O/c1-16(10-11-6-5-7-11)14(17)13(15)12-8-3-2-4-9-12/h2-4,8-9,11,13H,5-7,10,15H2,1H3/t13-/m1/s1. The van der Waals surface area contributed by atoms with Gasteiger partial charge in [-0.2, -0.15) is 0 Å². The normalized spacial score (nSPS) is 17.3. The van der Waals surface area contributed by atoms with Crippen molar-refractivity contribution in [3.63, 3.8) is 0 Å². The van der Waals surface area contributed by atoms with Gasteiger partial charge in [0.05, 0.1) is 0 Å². The lowest BCUT2D eigenvalue weighted by molar-refractivity contribution is -0.132. The second kappa shape index (κ2) is 5.32. The van der Waals surface area contributed by atoms with Gasteiger partial charge < -0.3 is 10.6 Å². The molecule has 2 N–H and O–H groups in total. The summed E-state index contributed by atoms with van der Waals surface area (Å²) >= 11 is 0. The lowest BCUT2D eigenvalue weighted by Gasteiger charge is -2.31. The molecule has 17 heavy (non-hydrogen) atoms. The van der Waals surface area contributed by atoms with Crippen LogP contribution in [0.1, 0.15) is 30.9 Å². The van der Waals surface area contributed by atoms with Gasteiger partial charge in [-0.3, -0.25) is 4.79 Å². The summed E-state index contributed by atoms with van der Waals surface area (Å²) in [6, 6.07) is 9.03. The molecule has 0 heterocycles. The van der Waals surface area contributed by atoms with Crippen LogP contribution in [0.3, 0.4) is 0 Å². The molecule has 0 aliphatic heterocycles. The molecule has 92 valence electrons. The second-order valence-corrected chi connectivity index (χ2v) is 4.90. The number of carbonyl (C=O) groups excluding carboxylic acids is 1. The average Bonchev–Trinajstić information content (AvgIpc) is 2.32. The SMILES string of the molecule is CN(CC1CCC1)C(=O)[C@H](N)c1ccccc1. The number of nitrogens with zero attached hydrogens (tertiary/aromatic N) is 1. The van der Waals surface area contributed by atoms with Gasteiger partial charge in [-0.15, -0.1) is 0 Å². The summed E-state index contributed by atoms with van der Waals surface area (Å²) in [6.07, 6.45) is 3.80. The molecule has 0 bridgehead atoms. The number of benzene rings is 1. The van der Waals surface area contributed by atoms with Crippen molar-refractivity contribution in [1.82, 2.24) is 4.90 Å². The van der Waals surface area contributed by atoms with Gasteiger partial charge in [-0.1, -0.05) is 36.8 Å². The molecule has 1 aliphatic carbocycles. The summed E-state index contributed by atoms with van der Waals surface area (Å²) in [5.74, 6) is 0.704. The van der Waals surface area contributed by atoms with E-state index >= 15 is 0 Å². The van der Waals surface area contributed by atoms with Crippen LogP contribution in [0.5, 0.6) is 0 Å². The molecule has 1 saturated carbocycles. The summed E-state index contributed by atoms with van der Waals surface area (Å²) in [5, 5.41) is 0. The van der Waals surface area contributed by atoms with Gasteiger partial charge in [0.1, 0.15) is 6.04 Å². The second-order valence-electron chi connectivity index (χ2n) is 4.90. The highest BCUT2D eigenvalue weighted by Crippen LogP contribution is 2.27. The van der Waals surface area contributed by atoms with E-state index in [1.54, 1.807) is 4.90 Å². The van der Waals surface area contributed by atoms with E-state index in [9.17, 15) is 4.79 Å². The maximum absolute atomic E-state index is 12.1. The van der Waals surface area contributed by atoms with E-state index in [4.69, 9.17) is 5.73 Å². The number of hydrogen-bond donors (Lipinski definition) is 1. The van der Waals surface area contributed by atoms with Crippen molar-refractivity contribution in [3.8, 4) is 0 Å². The number of likely N-dealkylation sites (N-methyl/N-ethyl adjacent to an activating group) is 1. The van der Waals surface area contributed by atoms with E-state index < -0.39 is 6.04 Å². The molecule has 0 unspecified atom stereocenters. The lowest BCUT2D eigenvalue weighted by atomic mass is 9.85. The quantitative estimate of drug-likeness (QED) is 0.862. The average molecular weight is 232 g/mol.